The molecule has 0 bridgehead atoms. The first-order chi connectivity index (χ1) is 6.06. The first-order valence-corrected chi connectivity index (χ1v) is 5.52. The number of Topliss-reactive ketones (excluding diaryl/α,β-unsaturated/α-hetero) is 1. The summed E-state index contributed by atoms with van der Waals surface area (Å²) < 4.78 is 13.4. The molecule has 70 valence electrons. The number of halogens is 3. The van der Waals surface area contributed by atoms with Gasteiger partial charge in [0.15, 0.2) is 5.78 Å². The third-order valence-electron chi connectivity index (χ3n) is 1.67. The molecule has 1 nitrogen and oxygen atoms in total. The van der Waals surface area contributed by atoms with Crippen LogP contribution in [0.25, 0.3) is 0 Å². The summed E-state index contributed by atoms with van der Waals surface area (Å²) >= 11 is 6.24. The fraction of sp³-hybridized carbons (Fsp3) is 0.222. The highest BCUT2D eigenvalue weighted by atomic mass is 79.9. The Labute approximate surface area is 92.6 Å². The van der Waals surface area contributed by atoms with Gasteiger partial charge in [-0.1, -0.05) is 15.9 Å². The highest BCUT2D eigenvalue weighted by molar-refractivity contribution is 9.10. The largest absolute Gasteiger partial charge is 0.294 e. The van der Waals surface area contributed by atoms with Gasteiger partial charge in [-0.2, -0.15) is 0 Å². The third-order valence-corrected chi connectivity index (χ3v) is 2.88. The van der Waals surface area contributed by atoms with Crippen molar-refractivity contribution in [3.05, 3.63) is 33.5 Å². The Hall–Kier alpha value is -0.220. The van der Waals surface area contributed by atoms with Crippen molar-refractivity contribution < 1.29 is 9.18 Å². The lowest BCUT2D eigenvalue weighted by atomic mass is 10.1. The summed E-state index contributed by atoms with van der Waals surface area (Å²) in [6, 6.07) is 2.86. The molecule has 0 fully saturated rings. The molecule has 0 spiro atoms. The van der Waals surface area contributed by atoms with E-state index in [4.69, 9.17) is 0 Å². The number of alkyl halides is 1. The predicted molar refractivity (Wildman–Crippen MR) is 56.7 cm³/mol. The summed E-state index contributed by atoms with van der Waals surface area (Å²) in [5, 5.41) is 0.478. The monoisotopic (exact) mass is 308 g/mol. The first-order valence-electron chi connectivity index (χ1n) is 3.61. The van der Waals surface area contributed by atoms with Crippen molar-refractivity contribution in [3.8, 4) is 0 Å². The van der Waals surface area contributed by atoms with Gasteiger partial charge in [0.25, 0.3) is 0 Å². The maximum Gasteiger partial charge on any atom is 0.160 e. The molecule has 0 saturated carbocycles. The van der Waals surface area contributed by atoms with E-state index in [1.165, 1.54) is 19.1 Å². The van der Waals surface area contributed by atoms with E-state index in [0.717, 1.165) is 0 Å². The zero-order chi connectivity index (χ0) is 10.0. The zero-order valence-electron chi connectivity index (χ0n) is 6.90. The van der Waals surface area contributed by atoms with Gasteiger partial charge in [0.1, 0.15) is 5.82 Å². The minimum atomic E-state index is -0.348. The summed E-state index contributed by atoms with van der Waals surface area (Å²) in [4.78, 5) is 11.1. The second-order valence-corrected chi connectivity index (χ2v) is 4.03. The Balaban J connectivity index is 3.33. The van der Waals surface area contributed by atoms with Gasteiger partial charge >= 0.3 is 0 Å². The molecular weight excluding hydrogens is 303 g/mol. The number of hydrogen-bond acceptors (Lipinski definition) is 1. The zero-order valence-corrected chi connectivity index (χ0v) is 10.1. The van der Waals surface area contributed by atoms with Crippen LogP contribution < -0.4 is 0 Å². The van der Waals surface area contributed by atoms with Gasteiger partial charge in [-0.05, 0) is 40.5 Å². The first kappa shape index (κ1) is 10.9. The maximum absolute atomic E-state index is 13.0. The lowest BCUT2D eigenvalue weighted by Gasteiger charge is -2.04. The molecule has 1 aromatic rings. The molecule has 0 saturated heterocycles. The van der Waals surface area contributed by atoms with Crippen LogP contribution in [0.1, 0.15) is 22.8 Å². The van der Waals surface area contributed by atoms with E-state index in [1.54, 1.807) is 0 Å². The van der Waals surface area contributed by atoms with E-state index in [9.17, 15) is 9.18 Å². The highest BCUT2D eigenvalue weighted by Crippen LogP contribution is 2.22. The molecule has 0 amide bonds. The quantitative estimate of drug-likeness (QED) is 0.601. The Morgan fingerprint density at radius 1 is 1.54 bits per heavy atom. The molecule has 0 atom stereocenters. The molecule has 0 unspecified atom stereocenters. The molecule has 0 radical (unpaired) electrons. The smallest absolute Gasteiger partial charge is 0.160 e. The topological polar surface area (TPSA) is 17.1 Å². The van der Waals surface area contributed by atoms with E-state index in [1.807, 2.05) is 0 Å². The van der Waals surface area contributed by atoms with Gasteiger partial charge in [-0.15, -0.1) is 0 Å². The van der Waals surface area contributed by atoms with Crippen molar-refractivity contribution in [2.24, 2.45) is 0 Å². The molecule has 13 heavy (non-hydrogen) atoms. The van der Waals surface area contributed by atoms with Gasteiger partial charge in [0, 0.05) is 10.9 Å². The summed E-state index contributed by atoms with van der Waals surface area (Å²) in [7, 11) is 0. The number of rotatable bonds is 2. The van der Waals surface area contributed by atoms with Crippen molar-refractivity contribution in [2.75, 3.05) is 0 Å². The van der Waals surface area contributed by atoms with Crippen LogP contribution in [0.15, 0.2) is 16.6 Å². The molecule has 0 aliphatic heterocycles. The molecule has 0 N–H and O–H groups in total. The van der Waals surface area contributed by atoms with Crippen LogP contribution in [0.4, 0.5) is 4.39 Å². The molecular formula is C9H7Br2FO. The molecule has 4 heteroatoms. The molecule has 0 aliphatic rings. The Morgan fingerprint density at radius 3 is 2.62 bits per heavy atom. The van der Waals surface area contributed by atoms with Crippen LogP contribution in [0.3, 0.4) is 0 Å². The van der Waals surface area contributed by atoms with Gasteiger partial charge < -0.3 is 0 Å². The van der Waals surface area contributed by atoms with Crippen LogP contribution in [0, 0.1) is 5.82 Å². The summed E-state index contributed by atoms with van der Waals surface area (Å²) in [5.41, 5.74) is 1.22. The standard InChI is InChI=1S/C9H7Br2FO/c1-5(13)7-3-8(11)9(12)2-6(7)4-10/h2-3H,4H2,1H3. The fourth-order valence-electron chi connectivity index (χ4n) is 1.03. The average Bonchev–Trinajstić information content (AvgIpc) is 2.08. The molecule has 1 rings (SSSR count). The fourth-order valence-corrected chi connectivity index (χ4v) is 1.83. The Morgan fingerprint density at radius 2 is 2.15 bits per heavy atom. The molecule has 0 aliphatic carbocycles. The van der Waals surface area contributed by atoms with Crippen LogP contribution in [0.5, 0.6) is 0 Å². The van der Waals surface area contributed by atoms with Crippen molar-refractivity contribution >= 4 is 37.6 Å². The summed E-state index contributed by atoms with van der Waals surface area (Å²) in [6.45, 7) is 1.46. The lowest BCUT2D eigenvalue weighted by Crippen LogP contribution is -1.99. The van der Waals surface area contributed by atoms with E-state index in [-0.39, 0.29) is 11.6 Å². The minimum absolute atomic E-state index is 0.0600. The van der Waals surface area contributed by atoms with Crippen LogP contribution in [0.2, 0.25) is 0 Å². The van der Waals surface area contributed by atoms with Crippen LogP contribution >= 0.6 is 31.9 Å². The lowest BCUT2D eigenvalue weighted by molar-refractivity contribution is 0.101. The van der Waals surface area contributed by atoms with E-state index < -0.39 is 0 Å². The molecule has 0 aromatic heterocycles. The van der Waals surface area contributed by atoms with Crippen molar-refractivity contribution in [3.63, 3.8) is 0 Å². The SMILES string of the molecule is CC(=O)c1cc(Br)c(F)cc1CBr. The minimum Gasteiger partial charge on any atom is -0.294 e. The summed E-state index contributed by atoms with van der Waals surface area (Å²) in [5.74, 6) is -0.408. The van der Waals surface area contributed by atoms with Crippen molar-refractivity contribution in [1.29, 1.82) is 0 Å². The number of hydrogen-bond donors (Lipinski definition) is 0. The number of carbonyl (C=O) groups excluding carboxylic acids is 1. The van der Waals surface area contributed by atoms with Crippen LogP contribution in [-0.2, 0) is 5.33 Å². The normalized spacial score (nSPS) is 10.2. The highest BCUT2D eigenvalue weighted by Gasteiger charge is 2.10. The Bertz CT molecular complexity index is 350. The summed E-state index contributed by atoms with van der Waals surface area (Å²) in [6.07, 6.45) is 0. The average molecular weight is 310 g/mol. The van der Waals surface area contributed by atoms with Gasteiger partial charge in [0.05, 0.1) is 4.47 Å². The van der Waals surface area contributed by atoms with Crippen molar-refractivity contribution in [2.45, 2.75) is 12.3 Å². The second-order valence-electron chi connectivity index (χ2n) is 2.61. The second kappa shape index (κ2) is 4.33. The predicted octanol–water partition coefficient (Wildman–Crippen LogP) is 3.69. The van der Waals surface area contributed by atoms with Crippen molar-refractivity contribution in [1.82, 2.24) is 0 Å². The van der Waals surface area contributed by atoms with E-state index in [2.05, 4.69) is 31.9 Å². The molecule has 1 aromatic carbocycles. The number of ketones is 1. The van der Waals surface area contributed by atoms with E-state index in [0.29, 0.717) is 20.9 Å². The van der Waals surface area contributed by atoms with Crippen LogP contribution in [-0.4, -0.2) is 5.78 Å². The number of carbonyl (C=O) groups is 1. The third kappa shape index (κ3) is 2.38. The Kier molecular flexibility index (Phi) is 3.62. The van der Waals surface area contributed by atoms with Gasteiger partial charge in [0.2, 0.25) is 0 Å². The van der Waals surface area contributed by atoms with Gasteiger partial charge in [-0.25, -0.2) is 4.39 Å². The molecule has 0 heterocycles. The number of benzene rings is 1. The van der Waals surface area contributed by atoms with Gasteiger partial charge in [-0.3, -0.25) is 4.79 Å². The van der Waals surface area contributed by atoms with E-state index >= 15 is 0 Å². The maximum atomic E-state index is 13.0.